The molecule has 0 aliphatic carbocycles. The predicted molar refractivity (Wildman–Crippen MR) is 90.8 cm³/mol. The zero-order valence-electron chi connectivity index (χ0n) is 14.2. The molecule has 0 spiro atoms. The van der Waals surface area contributed by atoms with Crippen LogP contribution in [0, 0.1) is 17.3 Å². The lowest BCUT2D eigenvalue weighted by Gasteiger charge is -2.36. The molecule has 2 heterocycles. The highest BCUT2D eigenvalue weighted by Gasteiger charge is 2.31. The number of amides is 1. The number of halogens is 1. The van der Waals surface area contributed by atoms with E-state index in [0.29, 0.717) is 18.2 Å². The quantitative estimate of drug-likeness (QED) is 0.864. The Hall–Kier alpha value is -0.280. The number of rotatable bonds is 3. The lowest BCUT2D eigenvalue weighted by molar-refractivity contribution is -0.134. The fourth-order valence-corrected chi connectivity index (χ4v) is 3.36. The summed E-state index contributed by atoms with van der Waals surface area (Å²) in [6.45, 7) is 12.0. The van der Waals surface area contributed by atoms with Gasteiger partial charge >= 0.3 is 0 Å². The molecule has 2 unspecified atom stereocenters. The molecule has 0 aromatic heterocycles. The molecule has 1 N–H and O–H groups in total. The smallest absolute Gasteiger partial charge is 0.222 e. The average Bonchev–Trinajstić information content (AvgIpc) is 2.91. The summed E-state index contributed by atoms with van der Waals surface area (Å²) in [5.74, 6) is 1.61. The molecule has 2 fully saturated rings. The number of carbonyl (C=O) groups excluding carboxylic acids is 1. The molecule has 3 nitrogen and oxygen atoms in total. The van der Waals surface area contributed by atoms with E-state index in [1.165, 1.54) is 32.2 Å². The lowest BCUT2D eigenvalue weighted by Crippen LogP contribution is -2.44. The van der Waals surface area contributed by atoms with Gasteiger partial charge in [0.05, 0.1) is 0 Å². The number of likely N-dealkylation sites (tertiary alicyclic amines) is 1. The molecule has 0 aromatic carbocycles. The first-order chi connectivity index (χ1) is 9.38. The van der Waals surface area contributed by atoms with Gasteiger partial charge in [0.15, 0.2) is 0 Å². The van der Waals surface area contributed by atoms with Crippen LogP contribution in [0.4, 0.5) is 0 Å². The highest BCUT2D eigenvalue weighted by atomic mass is 35.5. The van der Waals surface area contributed by atoms with Gasteiger partial charge in [-0.1, -0.05) is 27.7 Å². The molecule has 2 rings (SSSR count). The van der Waals surface area contributed by atoms with E-state index < -0.39 is 0 Å². The van der Waals surface area contributed by atoms with E-state index in [4.69, 9.17) is 0 Å². The first kappa shape index (κ1) is 18.8. The number of piperidine rings is 1. The Morgan fingerprint density at radius 2 is 1.86 bits per heavy atom. The molecule has 1 amide bonds. The van der Waals surface area contributed by atoms with E-state index in [2.05, 4.69) is 37.9 Å². The van der Waals surface area contributed by atoms with E-state index >= 15 is 0 Å². The summed E-state index contributed by atoms with van der Waals surface area (Å²) in [4.78, 5) is 14.5. The van der Waals surface area contributed by atoms with Crippen LogP contribution in [0.25, 0.3) is 0 Å². The zero-order valence-corrected chi connectivity index (χ0v) is 15.0. The van der Waals surface area contributed by atoms with Crippen molar-refractivity contribution < 1.29 is 4.79 Å². The summed E-state index contributed by atoms with van der Waals surface area (Å²) in [7, 11) is 0. The highest BCUT2D eigenvalue weighted by molar-refractivity contribution is 5.85. The lowest BCUT2D eigenvalue weighted by atomic mass is 9.79. The minimum absolute atomic E-state index is 0. The Bertz CT molecular complexity index is 326. The van der Waals surface area contributed by atoms with Crippen molar-refractivity contribution >= 4 is 18.3 Å². The van der Waals surface area contributed by atoms with Crippen LogP contribution in [-0.2, 0) is 4.79 Å². The Balaban J connectivity index is 0.00000220. The number of carbonyl (C=O) groups is 1. The number of nitrogens with zero attached hydrogens (tertiary/aromatic N) is 1. The van der Waals surface area contributed by atoms with Crippen molar-refractivity contribution in [2.24, 2.45) is 17.3 Å². The minimum atomic E-state index is 0. The molecule has 2 aliphatic rings. The fraction of sp³-hybridized carbons (Fsp3) is 0.941. The van der Waals surface area contributed by atoms with Crippen molar-refractivity contribution in [3.8, 4) is 0 Å². The molecule has 0 radical (unpaired) electrons. The Morgan fingerprint density at radius 3 is 2.33 bits per heavy atom. The molecule has 21 heavy (non-hydrogen) atoms. The van der Waals surface area contributed by atoms with Gasteiger partial charge in [0, 0.05) is 25.6 Å². The molecular weight excluding hydrogens is 284 g/mol. The van der Waals surface area contributed by atoms with Gasteiger partial charge < -0.3 is 10.2 Å². The van der Waals surface area contributed by atoms with Gasteiger partial charge in [-0.3, -0.25) is 4.79 Å². The Kier molecular flexibility index (Phi) is 6.99. The van der Waals surface area contributed by atoms with E-state index in [0.717, 1.165) is 25.0 Å². The van der Waals surface area contributed by atoms with E-state index in [9.17, 15) is 4.79 Å². The summed E-state index contributed by atoms with van der Waals surface area (Å²) in [5.41, 5.74) is 0.224. The highest BCUT2D eigenvalue weighted by Crippen LogP contribution is 2.30. The summed E-state index contributed by atoms with van der Waals surface area (Å²) in [6.07, 6.45) is 5.74. The minimum Gasteiger partial charge on any atom is -0.343 e. The SMILES string of the molecule is CC(CC(=O)N1CCC(C2CCCN2)CC1)C(C)(C)C.Cl. The van der Waals surface area contributed by atoms with Crippen LogP contribution in [0.2, 0.25) is 0 Å². The monoisotopic (exact) mass is 316 g/mol. The Morgan fingerprint density at radius 1 is 1.24 bits per heavy atom. The van der Waals surface area contributed by atoms with Gasteiger partial charge in [-0.25, -0.2) is 0 Å². The maximum atomic E-state index is 12.4. The molecule has 4 heteroatoms. The van der Waals surface area contributed by atoms with E-state index in [1.807, 2.05) is 0 Å². The second-order valence-electron chi connectivity index (χ2n) is 7.89. The van der Waals surface area contributed by atoms with Crippen molar-refractivity contribution in [1.82, 2.24) is 10.2 Å². The zero-order chi connectivity index (χ0) is 14.8. The van der Waals surface area contributed by atoms with Crippen LogP contribution >= 0.6 is 12.4 Å². The summed E-state index contributed by atoms with van der Waals surface area (Å²) in [6, 6.07) is 0.723. The summed E-state index contributed by atoms with van der Waals surface area (Å²) < 4.78 is 0. The summed E-state index contributed by atoms with van der Waals surface area (Å²) >= 11 is 0. The van der Waals surface area contributed by atoms with Crippen molar-refractivity contribution in [2.45, 2.75) is 65.8 Å². The second-order valence-corrected chi connectivity index (χ2v) is 7.89. The van der Waals surface area contributed by atoms with Gasteiger partial charge in [-0.05, 0) is 49.5 Å². The van der Waals surface area contributed by atoms with Gasteiger partial charge in [0.25, 0.3) is 0 Å². The van der Waals surface area contributed by atoms with Crippen LogP contribution in [-0.4, -0.2) is 36.5 Å². The largest absolute Gasteiger partial charge is 0.343 e. The first-order valence-electron chi connectivity index (χ1n) is 8.39. The maximum absolute atomic E-state index is 12.4. The number of nitrogens with one attached hydrogen (secondary N) is 1. The van der Waals surface area contributed by atoms with Crippen LogP contribution in [0.5, 0.6) is 0 Å². The van der Waals surface area contributed by atoms with E-state index in [1.54, 1.807) is 0 Å². The second kappa shape index (κ2) is 7.82. The van der Waals surface area contributed by atoms with Gasteiger partial charge in [-0.15, -0.1) is 12.4 Å². The number of hydrogen-bond donors (Lipinski definition) is 1. The molecule has 124 valence electrons. The van der Waals surface area contributed by atoms with Gasteiger partial charge in [-0.2, -0.15) is 0 Å². The van der Waals surface area contributed by atoms with Crippen LogP contribution in [0.3, 0.4) is 0 Å². The fourth-order valence-electron chi connectivity index (χ4n) is 3.36. The third-order valence-corrected chi connectivity index (χ3v) is 5.52. The van der Waals surface area contributed by atoms with Crippen molar-refractivity contribution in [3.63, 3.8) is 0 Å². The van der Waals surface area contributed by atoms with Crippen molar-refractivity contribution in [3.05, 3.63) is 0 Å². The normalized spacial score (nSPS) is 25.5. The molecule has 0 aromatic rings. The standard InChI is InChI=1S/C17H32N2O.ClH/c1-13(17(2,3)4)12-16(20)19-10-7-14(8-11-19)15-6-5-9-18-15;/h13-15,18H,5-12H2,1-4H3;1H. The third kappa shape index (κ3) is 5.14. The predicted octanol–water partition coefficient (Wildman–Crippen LogP) is 3.47. The number of hydrogen-bond acceptors (Lipinski definition) is 2. The molecule has 2 saturated heterocycles. The van der Waals surface area contributed by atoms with E-state index in [-0.39, 0.29) is 17.8 Å². The molecule has 2 atom stereocenters. The average molecular weight is 317 g/mol. The molecular formula is C17H33ClN2O. The molecule has 0 saturated carbocycles. The van der Waals surface area contributed by atoms with Gasteiger partial charge in [0.2, 0.25) is 5.91 Å². The van der Waals surface area contributed by atoms with Crippen LogP contribution in [0.1, 0.15) is 59.8 Å². The third-order valence-electron chi connectivity index (χ3n) is 5.52. The van der Waals surface area contributed by atoms with Crippen molar-refractivity contribution in [2.75, 3.05) is 19.6 Å². The molecule has 2 aliphatic heterocycles. The Labute approximate surface area is 136 Å². The molecule has 0 bridgehead atoms. The summed E-state index contributed by atoms with van der Waals surface area (Å²) in [5, 5.41) is 3.62. The topological polar surface area (TPSA) is 32.3 Å². The van der Waals surface area contributed by atoms with Gasteiger partial charge in [0.1, 0.15) is 0 Å². The van der Waals surface area contributed by atoms with Crippen LogP contribution in [0.15, 0.2) is 0 Å². The van der Waals surface area contributed by atoms with Crippen molar-refractivity contribution in [1.29, 1.82) is 0 Å². The van der Waals surface area contributed by atoms with Crippen LogP contribution < -0.4 is 5.32 Å². The first-order valence-corrected chi connectivity index (χ1v) is 8.39. The maximum Gasteiger partial charge on any atom is 0.222 e.